The number of benzene rings is 4. The highest BCUT2D eigenvalue weighted by atomic mass is 15.1. The van der Waals surface area contributed by atoms with Gasteiger partial charge in [-0.1, -0.05) is 72.8 Å². The number of anilines is 4. The number of rotatable bonds is 6. The maximum absolute atomic E-state index is 2.27. The zero-order valence-corrected chi connectivity index (χ0v) is 17.4. The molecule has 0 aliphatic heterocycles. The van der Waals surface area contributed by atoms with Gasteiger partial charge in [0.15, 0.2) is 0 Å². The monoisotopic (exact) mass is 390 g/mol. The average molecular weight is 391 g/mol. The molecule has 148 valence electrons. The minimum Gasteiger partial charge on any atom is -0.378 e. The molecule has 0 fully saturated rings. The summed E-state index contributed by atoms with van der Waals surface area (Å²) < 4.78 is 0. The molecule has 0 amide bonds. The molecule has 0 atom stereocenters. The molecule has 0 aliphatic carbocycles. The van der Waals surface area contributed by atoms with Gasteiger partial charge >= 0.3 is 0 Å². The Balaban J connectivity index is 1.58. The third-order valence-corrected chi connectivity index (χ3v) is 5.06. The maximum atomic E-state index is 2.27. The third kappa shape index (κ3) is 4.61. The van der Waals surface area contributed by atoms with E-state index in [1.54, 1.807) is 0 Å². The van der Waals surface area contributed by atoms with E-state index in [0.29, 0.717) is 0 Å². The standard InChI is InChI=1S/C28H26N2/c1-29(2)25-19-15-23(16-20-25)13-14-24-17-21-28(22-18-24)30(26-9-5-3-6-10-26)27-11-7-4-8-12-27/h3-22H,1-2H3/b14-13+. The van der Waals surface area contributed by atoms with E-state index in [-0.39, 0.29) is 0 Å². The molecule has 0 aliphatic rings. The summed E-state index contributed by atoms with van der Waals surface area (Å²) in [6.45, 7) is 0. The van der Waals surface area contributed by atoms with Crippen molar-refractivity contribution in [1.29, 1.82) is 0 Å². The van der Waals surface area contributed by atoms with Crippen molar-refractivity contribution in [1.82, 2.24) is 0 Å². The first-order valence-electron chi connectivity index (χ1n) is 10.2. The van der Waals surface area contributed by atoms with Crippen LogP contribution in [-0.4, -0.2) is 14.1 Å². The SMILES string of the molecule is CN(C)c1ccc(/C=C/c2ccc(N(c3ccccc3)c3ccccc3)cc2)cc1. The van der Waals surface area contributed by atoms with Gasteiger partial charge in [0.1, 0.15) is 0 Å². The van der Waals surface area contributed by atoms with Crippen LogP contribution < -0.4 is 9.80 Å². The average Bonchev–Trinajstić information content (AvgIpc) is 2.80. The summed E-state index contributed by atoms with van der Waals surface area (Å²) in [6.07, 6.45) is 4.31. The zero-order chi connectivity index (χ0) is 20.8. The molecule has 0 unspecified atom stereocenters. The molecule has 30 heavy (non-hydrogen) atoms. The Morgan fingerprint density at radius 3 is 1.20 bits per heavy atom. The van der Waals surface area contributed by atoms with E-state index in [1.807, 2.05) is 12.1 Å². The first-order chi connectivity index (χ1) is 14.7. The molecule has 0 saturated carbocycles. The van der Waals surface area contributed by atoms with Crippen LogP contribution in [0.4, 0.5) is 22.7 Å². The van der Waals surface area contributed by atoms with Crippen molar-refractivity contribution in [2.75, 3.05) is 23.9 Å². The fourth-order valence-electron chi connectivity index (χ4n) is 3.41. The molecule has 0 radical (unpaired) electrons. The minimum atomic E-state index is 1.14. The molecule has 4 rings (SSSR count). The van der Waals surface area contributed by atoms with Gasteiger partial charge in [0.2, 0.25) is 0 Å². The second-order valence-corrected chi connectivity index (χ2v) is 7.42. The Bertz CT molecular complexity index is 1040. The van der Waals surface area contributed by atoms with Crippen LogP contribution in [0.25, 0.3) is 12.2 Å². The fraction of sp³-hybridized carbons (Fsp3) is 0.0714. The highest BCUT2D eigenvalue weighted by molar-refractivity contribution is 5.78. The molecular weight excluding hydrogens is 364 g/mol. The van der Waals surface area contributed by atoms with Gasteiger partial charge in [-0.25, -0.2) is 0 Å². The van der Waals surface area contributed by atoms with Gasteiger partial charge in [0, 0.05) is 36.8 Å². The van der Waals surface area contributed by atoms with Crippen molar-refractivity contribution in [2.24, 2.45) is 0 Å². The Kier molecular flexibility index (Phi) is 5.95. The maximum Gasteiger partial charge on any atom is 0.0462 e. The summed E-state index contributed by atoms with van der Waals surface area (Å²) in [5.74, 6) is 0. The molecule has 4 aromatic rings. The van der Waals surface area contributed by atoms with Crippen LogP contribution in [0.5, 0.6) is 0 Å². The minimum absolute atomic E-state index is 1.14. The van der Waals surface area contributed by atoms with Crippen LogP contribution in [0.3, 0.4) is 0 Å². The van der Waals surface area contributed by atoms with Gasteiger partial charge in [-0.2, -0.15) is 0 Å². The Labute approximate surface area is 179 Å². The second kappa shape index (κ2) is 9.15. The second-order valence-electron chi connectivity index (χ2n) is 7.42. The lowest BCUT2D eigenvalue weighted by atomic mass is 10.1. The first kappa shape index (κ1) is 19.5. The Morgan fingerprint density at radius 2 is 0.800 bits per heavy atom. The van der Waals surface area contributed by atoms with Crippen molar-refractivity contribution in [3.05, 3.63) is 120 Å². The topological polar surface area (TPSA) is 6.48 Å². The molecule has 0 saturated heterocycles. The lowest BCUT2D eigenvalue weighted by Gasteiger charge is -2.25. The predicted molar refractivity (Wildman–Crippen MR) is 131 cm³/mol. The zero-order valence-electron chi connectivity index (χ0n) is 17.4. The normalized spacial score (nSPS) is 10.9. The van der Waals surface area contributed by atoms with Crippen molar-refractivity contribution in [3.63, 3.8) is 0 Å². The van der Waals surface area contributed by atoms with Crippen LogP contribution in [0, 0.1) is 0 Å². The van der Waals surface area contributed by atoms with Crippen LogP contribution in [-0.2, 0) is 0 Å². The largest absolute Gasteiger partial charge is 0.378 e. The third-order valence-electron chi connectivity index (χ3n) is 5.06. The van der Waals surface area contributed by atoms with Crippen molar-refractivity contribution < 1.29 is 0 Å². The van der Waals surface area contributed by atoms with Gasteiger partial charge in [-0.3, -0.25) is 0 Å². The highest BCUT2D eigenvalue weighted by Crippen LogP contribution is 2.34. The van der Waals surface area contributed by atoms with Crippen LogP contribution in [0.15, 0.2) is 109 Å². The summed E-state index contributed by atoms with van der Waals surface area (Å²) in [5.41, 5.74) is 7.01. The molecule has 0 heterocycles. The Morgan fingerprint density at radius 1 is 0.433 bits per heavy atom. The fourth-order valence-corrected chi connectivity index (χ4v) is 3.41. The molecule has 4 aromatic carbocycles. The smallest absolute Gasteiger partial charge is 0.0462 e. The lowest BCUT2D eigenvalue weighted by Crippen LogP contribution is -2.09. The number of nitrogens with zero attached hydrogens (tertiary/aromatic N) is 2. The van der Waals surface area contributed by atoms with Crippen LogP contribution in [0.1, 0.15) is 11.1 Å². The van der Waals surface area contributed by atoms with E-state index < -0.39 is 0 Å². The van der Waals surface area contributed by atoms with E-state index in [2.05, 4.69) is 133 Å². The molecule has 2 heteroatoms. The highest BCUT2D eigenvalue weighted by Gasteiger charge is 2.11. The first-order valence-corrected chi connectivity index (χ1v) is 10.2. The molecule has 0 spiro atoms. The van der Waals surface area contributed by atoms with Crippen molar-refractivity contribution in [3.8, 4) is 0 Å². The van der Waals surface area contributed by atoms with E-state index in [9.17, 15) is 0 Å². The van der Waals surface area contributed by atoms with Gasteiger partial charge in [-0.05, 0) is 59.7 Å². The summed E-state index contributed by atoms with van der Waals surface area (Å²) in [4.78, 5) is 4.38. The van der Waals surface area contributed by atoms with Crippen molar-refractivity contribution >= 4 is 34.9 Å². The van der Waals surface area contributed by atoms with Crippen molar-refractivity contribution in [2.45, 2.75) is 0 Å². The molecule has 0 aromatic heterocycles. The van der Waals surface area contributed by atoms with E-state index in [1.165, 1.54) is 16.8 Å². The van der Waals surface area contributed by atoms with Gasteiger partial charge in [-0.15, -0.1) is 0 Å². The Hall–Kier alpha value is -3.78. The molecule has 0 bridgehead atoms. The van der Waals surface area contributed by atoms with E-state index >= 15 is 0 Å². The number of hydrogen-bond acceptors (Lipinski definition) is 2. The van der Waals surface area contributed by atoms with Gasteiger partial charge < -0.3 is 9.80 Å². The molecule has 2 nitrogen and oxygen atoms in total. The van der Waals surface area contributed by atoms with Crippen LogP contribution >= 0.6 is 0 Å². The number of para-hydroxylation sites is 2. The van der Waals surface area contributed by atoms with Crippen LogP contribution in [0.2, 0.25) is 0 Å². The molecule has 0 N–H and O–H groups in total. The lowest BCUT2D eigenvalue weighted by molar-refractivity contribution is 1.13. The summed E-state index contributed by atoms with van der Waals surface area (Å²) in [7, 11) is 4.11. The van der Waals surface area contributed by atoms with Gasteiger partial charge in [0.05, 0.1) is 0 Å². The van der Waals surface area contributed by atoms with Gasteiger partial charge in [0.25, 0.3) is 0 Å². The molecular formula is C28H26N2. The summed E-state index contributed by atoms with van der Waals surface area (Å²) in [6, 6.07) is 38.2. The van der Waals surface area contributed by atoms with E-state index in [4.69, 9.17) is 0 Å². The van der Waals surface area contributed by atoms with E-state index in [0.717, 1.165) is 17.1 Å². The quantitative estimate of drug-likeness (QED) is 0.317. The summed E-state index contributed by atoms with van der Waals surface area (Å²) in [5, 5.41) is 0. The predicted octanol–water partition coefficient (Wildman–Crippen LogP) is 7.39. The number of hydrogen-bond donors (Lipinski definition) is 0. The summed E-state index contributed by atoms with van der Waals surface area (Å²) >= 11 is 0.